The van der Waals surface area contributed by atoms with Gasteiger partial charge in [-0.05, 0) is 18.1 Å². The van der Waals surface area contributed by atoms with E-state index >= 15 is 0 Å². The molecule has 42 heavy (non-hydrogen) atoms. The molecule has 1 aliphatic heterocycles. The molecule has 0 unspecified atom stereocenters. The zero-order chi connectivity index (χ0) is 30.7. The first-order valence-electron chi connectivity index (χ1n) is 13.0. The summed E-state index contributed by atoms with van der Waals surface area (Å²) in [6, 6.07) is 18.5. The fourth-order valence-corrected chi connectivity index (χ4v) is 4.20. The molecule has 0 spiro atoms. The standard InChI is InChI=1S/C29H32Cl3NO9/c1-18(34)13-14-23(36)41-24-22(17-37-15-20-9-5-3-6-10-20)40-27(42-28(33)29(30,31)32)26(39-19(2)35)25(24)38-16-21-11-7-4-8-12-21/h3-12,22,24-27,33H,13-17H2,1-2H3/t22-,24-,25+,26+,27-/m1/s1. The van der Waals surface area contributed by atoms with Gasteiger partial charge in [0.1, 0.15) is 18.0 Å². The maximum atomic E-state index is 12.8. The molecule has 1 fully saturated rings. The summed E-state index contributed by atoms with van der Waals surface area (Å²) >= 11 is 17.5. The minimum Gasteiger partial charge on any atom is -0.457 e. The highest BCUT2D eigenvalue weighted by Gasteiger charge is 2.53. The van der Waals surface area contributed by atoms with Crippen molar-refractivity contribution < 1.29 is 42.8 Å². The smallest absolute Gasteiger partial charge is 0.306 e. The molecule has 13 heteroatoms. The summed E-state index contributed by atoms with van der Waals surface area (Å²) in [5.41, 5.74) is 1.65. The van der Waals surface area contributed by atoms with Gasteiger partial charge in [0, 0.05) is 13.3 Å². The molecule has 1 heterocycles. The largest absolute Gasteiger partial charge is 0.457 e. The second-order valence-corrected chi connectivity index (χ2v) is 11.8. The first kappa shape index (κ1) is 33.8. The molecule has 1 saturated heterocycles. The second-order valence-electron chi connectivity index (χ2n) is 9.48. The summed E-state index contributed by atoms with van der Waals surface area (Å²) < 4.78 is 32.8. The van der Waals surface area contributed by atoms with Gasteiger partial charge in [-0.1, -0.05) is 95.5 Å². The molecule has 5 atom stereocenters. The van der Waals surface area contributed by atoms with Crippen LogP contribution in [0.3, 0.4) is 0 Å². The molecular weight excluding hydrogens is 613 g/mol. The van der Waals surface area contributed by atoms with Gasteiger partial charge in [0.25, 0.3) is 3.79 Å². The van der Waals surface area contributed by atoms with Crippen LogP contribution in [0.25, 0.3) is 0 Å². The van der Waals surface area contributed by atoms with Crippen LogP contribution in [-0.4, -0.2) is 64.7 Å². The molecule has 0 amide bonds. The predicted molar refractivity (Wildman–Crippen MR) is 154 cm³/mol. The van der Waals surface area contributed by atoms with E-state index in [1.165, 1.54) is 6.92 Å². The second kappa shape index (κ2) is 16.2. The number of esters is 2. The van der Waals surface area contributed by atoms with E-state index in [-0.39, 0.29) is 38.4 Å². The van der Waals surface area contributed by atoms with Gasteiger partial charge in [-0.25, -0.2) is 0 Å². The number of ether oxygens (including phenoxy) is 6. The summed E-state index contributed by atoms with van der Waals surface area (Å²) in [4.78, 5) is 36.5. The summed E-state index contributed by atoms with van der Waals surface area (Å²) in [7, 11) is 0. The van der Waals surface area contributed by atoms with Gasteiger partial charge < -0.3 is 33.2 Å². The fourth-order valence-electron chi connectivity index (χ4n) is 4.06. The van der Waals surface area contributed by atoms with E-state index < -0.39 is 52.3 Å². The van der Waals surface area contributed by atoms with Crippen molar-refractivity contribution in [3.63, 3.8) is 0 Å². The van der Waals surface area contributed by atoms with Crippen LogP contribution < -0.4 is 0 Å². The van der Waals surface area contributed by atoms with E-state index in [9.17, 15) is 14.4 Å². The van der Waals surface area contributed by atoms with E-state index in [0.29, 0.717) is 0 Å². The van der Waals surface area contributed by atoms with Crippen molar-refractivity contribution in [3.05, 3.63) is 71.8 Å². The van der Waals surface area contributed by atoms with Gasteiger partial charge in [0.2, 0.25) is 12.2 Å². The lowest BCUT2D eigenvalue weighted by Gasteiger charge is -2.44. The van der Waals surface area contributed by atoms with Crippen molar-refractivity contribution in [3.8, 4) is 0 Å². The molecule has 3 rings (SSSR count). The maximum absolute atomic E-state index is 12.8. The average Bonchev–Trinajstić information content (AvgIpc) is 2.93. The fraction of sp³-hybridized carbons (Fsp3) is 0.448. The number of ketones is 1. The Morgan fingerprint density at radius 2 is 1.40 bits per heavy atom. The Kier molecular flexibility index (Phi) is 13.0. The normalized spacial score (nSPS) is 22.2. The monoisotopic (exact) mass is 643 g/mol. The molecule has 2 aromatic rings. The molecule has 10 nitrogen and oxygen atoms in total. The molecule has 1 aliphatic rings. The lowest BCUT2D eigenvalue weighted by atomic mass is 9.98. The third-order valence-electron chi connectivity index (χ3n) is 6.01. The molecule has 2 aromatic carbocycles. The minimum atomic E-state index is -2.25. The number of Topliss-reactive ketones (excluding diaryl/α,β-unsaturated/α-hetero) is 1. The molecule has 228 valence electrons. The molecule has 1 N–H and O–H groups in total. The van der Waals surface area contributed by atoms with Crippen molar-refractivity contribution in [2.45, 2.75) is 74.4 Å². The number of carbonyl (C=O) groups excluding carboxylic acids is 3. The summed E-state index contributed by atoms with van der Waals surface area (Å²) in [5.74, 6) is -2.42. The highest BCUT2D eigenvalue weighted by molar-refractivity contribution is 6.76. The Morgan fingerprint density at radius 3 is 1.95 bits per heavy atom. The first-order chi connectivity index (χ1) is 19.9. The van der Waals surface area contributed by atoms with Crippen LogP contribution in [0.5, 0.6) is 0 Å². The van der Waals surface area contributed by atoms with Crippen LogP contribution in [0.15, 0.2) is 60.7 Å². The van der Waals surface area contributed by atoms with E-state index in [4.69, 9.17) is 68.6 Å². The van der Waals surface area contributed by atoms with Gasteiger partial charge in [0.15, 0.2) is 12.2 Å². The number of rotatable bonds is 13. The molecule has 0 radical (unpaired) electrons. The summed E-state index contributed by atoms with van der Waals surface area (Å²) in [6.45, 7) is 2.62. The predicted octanol–water partition coefficient (Wildman–Crippen LogP) is 5.09. The number of alkyl halides is 3. The maximum Gasteiger partial charge on any atom is 0.306 e. The lowest BCUT2D eigenvalue weighted by molar-refractivity contribution is -0.299. The van der Waals surface area contributed by atoms with Crippen molar-refractivity contribution >= 4 is 58.4 Å². The third-order valence-corrected chi connectivity index (χ3v) is 6.53. The summed E-state index contributed by atoms with van der Waals surface area (Å²) in [6.07, 6.45) is -6.50. The van der Waals surface area contributed by atoms with E-state index in [0.717, 1.165) is 18.1 Å². The van der Waals surface area contributed by atoms with Crippen molar-refractivity contribution in [1.29, 1.82) is 5.41 Å². The Balaban J connectivity index is 1.95. The van der Waals surface area contributed by atoms with Crippen molar-refractivity contribution in [2.24, 2.45) is 0 Å². The molecule has 0 aromatic heterocycles. The van der Waals surface area contributed by atoms with Crippen LogP contribution in [0, 0.1) is 5.41 Å². The Bertz CT molecular complexity index is 1190. The quantitative estimate of drug-likeness (QED) is 0.137. The third kappa shape index (κ3) is 10.8. The Labute approximate surface area is 258 Å². The zero-order valence-corrected chi connectivity index (χ0v) is 25.3. The number of halogens is 3. The van der Waals surface area contributed by atoms with Gasteiger partial charge in [0.05, 0.1) is 26.2 Å². The number of hydrogen-bond donors (Lipinski definition) is 1. The van der Waals surface area contributed by atoms with E-state index in [2.05, 4.69) is 0 Å². The highest BCUT2D eigenvalue weighted by atomic mass is 35.6. The van der Waals surface area contributed by atoms with Gasteiger partial charge in [-0.15, -0.1) is 0 Å². The molecular formula is C29H32Cl3NO9. The van der Waals surface area contributed by atoms with Crippen LogP contribution in [0.4, 0.5) is 0 Å². The van der Waals surface area contributed by atoms with Crippen molar-refractivity contribution in [2.75, 3.05) is 6.61 Å². The topological polar surface area (TPSA) is 130 Å². The van der Waals surface area contributed by atoms with Crippen molar-refractivity contribution in [1.82, 2.24) is 0 Å². The zero-order valence-electron chi connectivity index (χ0n) is 23.0. The molecule has 0 saturated carbocycles. The van der Waals surface area contributed by atoms with Crippen LogP contribution in [0.2, 0.25) is 0 Å². The average molecular weight is 645 g/mol. The number of hydrogen-bond acceptors (Lipinski definition) is 10. The summed E-state index contributed by atoms with van der Waals surface area (Å²) in [5, 5.41) is 8.10. The van der Waals surface area contributed by atoms with Gasteiger partial charge in [-0.2, -0.15) is 0 Å². The van der Waals surface area contributed by atoms with E-state index in [1.807, 2.05) is 60.7 Å². The minimum absolute atomic E-state index is 0.0248. The number of nitrogens with one attached hydrogen (secondary N) is 1. The Hall–Kier alpha value is -2.73. The number of benzene rings is 2. The van der Waals surface area contributed by atoms with Gasteiger partial charge >= 0.3 is 11.9 Å². The molecule has 0 bridgehead atoms. The van der Waals surface area contributed by atoms with Gasteiger partial charge in [-0.3, -0.25) is 15.0 Å². The molecule has 0 aliphatic carbocycles. The van der Waals surface area contributed by atoms with Crippen LogP contribution >= 0.6 is 34.8 Å². The Morgan fingerprint density at radius 1 is 0.810 bits per heavy atom. The SMILES string of the molecule is CC(=O)CCC(=O)O[C@H]1[C@H](OCc2ccccc2)[C@H](OC(C)=O)[C@@H](OC(=N)C(Cl)(Cl)Cl)O[C@@H]1COCc1ccccc1. The highest BCUT2D eigenvalue weighted by Crippen LogP contribution is 2.34. The number of carbonyl (C=O) groups is 3. The van der Waals surface area contributed by atoms with Crippen LogP contribution in [-0.2, 0) is 56.0 Å². The van der Waals surface area contributed by atoms with E-state index in [1.54, 1.807) is 0 Å². The lowest BCUT2D eigenvalue weighted by Crippen LogP contribution is -2.63. The van der Waals surface area contributed by atoms with Crippen LogP contribution in [0.1, 0.15) is 37.8 Å². The first-order valence-corrected chi connectivity index (χ1v) is 14.2.